The van der Waals surface area contributed by atoms with Crippen LogP contribution in [0.1, 0.15) is 10.6 Å². The van der Waals surface area contributed by atoms with Gasteiger partial charge in [0.25, 0.3) is 5.91 Å². The predicted molar refractivity (Wildman–Crippen MR) is 118 cm³/mol. The molecule has 13 nitrogen and oxygen atoms in total. The molecule has 3 aromatic rings. The van der Waals surface area contributed by atoms with Crippen molar-refractivity contribution < 1.29 is 53.8 Å². The fraction of sp³-hybridized carbons (Fsp3) is 0.217. The van der Waals surface area contributed by atoms with Crippen molar-refractivity contribution in [2.45, 2.75) is 30.2 Å². The molecule has 0 radical (unpaired) electrons. The van der Waals surface area contributed by atoms with E-state index < -0.39 is 53.3 Å². The summed E-state index contributed by atoms with van der Waals surface area (Å²) in [4.78, 5) is 48.0. The molecule has 13 heteroatoms. The highest BCUT2D eigenvalue weighted by atomic mass is 16.7. The lowest BCUT2D eigenvalue weighted by Crippen LogP contribution is -2.69. The highest BCUT2D eigenvalue weighted by Gasteiger charge is 2.58. The van der Waals surface area contributed by atoms with Crippen LogP contribution in [0.25, 0.3) is 22.1 Å². The summed E-state index contributed by atoms with van der Waals surface area (Å²) < 4.78 is 16.0. The van der Waals surface area contributed by atoms with E-state index in [9.17, 15) is 44.7 Å². The number of amides is 1. The van der Waals surface area contributed by atoms with Crippen LogP contribution in [0.5, 0.6) is 11.5 Å². The van der Waals surface area contributed by atoms with Gasteiger partial charge in [0.1, 0.15) is 23.2 Å². The number of aromatic hydroxyl groups is 1. The van der Waals surface area contributed by atoms with Crippen LogP contribution in [0.4, 0.5) is 0 Å². The quantitative estimate of drug-likeness (QED) is 0.226. The van der Waals surface area contributed by atoms with Crippen molar-refractivity contribution in [2.75, 3.05) is 0 Å². The molecule has 5 atom stereocenters. The SMILES string of the molecule is NC(=O)c1oc2cc(OC3OC(C(=O)O)C(O)C(O)(C=O)C3O)ccc2c(=O)c1-c1ccc(O)cc1. The van der Waals surface area contributed by atoms with Crippen molar-refractivity contribution in [3.05, 3.63) is 58.4 Å². The predicted octanol–water partition coefficient (Wildman–Crippen LogP) is -0.895. The summed E-state index contributed by atoms with van der Waals surface area (Å²) in [6.07, 6.45) is -8.79. The van der Waals surface area contributed by atoms with Crippen molar-refractivity contribution in [1.29, 1.82) is 0 Å². The third-order valence-corrected chi connectivity index (χ3v) is 5.70. The third-order valence-electron chi connectivity index (χ3n) is 5.70. The number of aliphatic carboxylic acids is 1. The van der Waals surface area contributed by atoms with Gasteiger partial charge in [-0.2, -0.15) is 0 Å². The number of carbonyl (C=O) groups is 3. The number of primary amides is 1. The summed E-state index contributed by atoms with van der Waals surface area (Å²) in [6, 6.07) is 8.97. The molecule has 0 aliphatic carbocycles. The number of carboxylic acid groups (broad SMARTS) is 1. The minimum Gasteiger partial charge on any atom is -0.508 e. The fourth-order valence-electron chi connectivity index (χ4n) is 3.80. The fourth-order valence-corrected chi connectivity index (χ4v) is 3.80. The van der Waals surface area contributed by atoms with Gasteiger partial charge in [0.15, 0.2) is 24.1 Å². The molecule has 0 spiro atoms. The number of ether oxygens (including phenoxy) is 2. The molecule has 0 bridgehead atoms. The lowest BCUT2D eigenvalue weighted by Gasteiger charge is -2.43. The van der Waals surface area contributed by atoms with Crippen LogP contribution in [0.2, 0.25) is 0 Å². The highest BCUT2D eigenvalue weighted by molar-refractivity contribution is 5.99. The Labute approximate surface area is 200 Å². The molecular weight excluding hydrogens is 482 g/mol. The number of carbonyl (C=O) groups excluding carboxylic acids is 2. The smallest absolute Gasteiger partial charge is 0.335 e. The van der Waals surface area contributed by atoms with Crippen LogP contribution in [-0.4, -0.2) is 73.9 Å². The Balaban J connectivity index is 1.76. The molecule has 1 aromatic heterocycles. The number of hydrogen-bond acceptors (Lipinski definition) is 11. The average molecular weight is 501 g/mol. The normalized spacial score (nSPS) is 25.9. The molecule has 36 heavy (non-hydrogen) atoms. The van der Waals surface area contributed by atoms with Gasteiger partial charge in [0, 0.05) is 6.07 Å². The Hall–Kier alpha value is -4.30. The maximum Gasteiger partial charge on any atom is 0.335 e. The van der Waals surface area contributed by atoms with Gasteiger partial charge >= 0.3 is 5.97 Å². The van der Waals surface area contributed by atoms with Gasteiger partial charge in [-0.25, -0.2) is 4.79 Å². The lowest BCUT2D eigenvalue weighted by molar-refractivity contribution is -0.293. The van der Waals surface area contributed by atoms with Crippen LogP contribution in [0.3, 0.4) is 0 Å². The van der Waals surface area contributed by atoms with Crippen LogP contribution >= 0.6 is 0 Å². The van der Waals surface area contributed by atoms with Crippen LogP contribution in [0, 0.1) is 0 Å². The van der Waals surface area contributed by atoms with Crippen molar-refractivity contribution in [2.24, 2.45) is 5.73 Å². The molecule has 2 heterocycles. The topological polar surface area (TPSA) is 227 Å². The first kappa shape index (κ1) is 24.8. The van der Waals surface area contributed by atoms with E-state index in [4.69, 9.17) is 19.6 Å². The Morgan fingerprint density at radius 3 is 2.33 bits per heavy atom. The summed E-state index contributed by atoms with van der Waals surface area (Å²) in [5.74, 6) is -3.55. The van der Waals surface area contributed by atoms with Gasteiger partial charge < -0.3 is 45.2 Å². The largest absolute Gasteiger partial charge is 0.508 e. The first-order valence-electron chi connectivity index (χ1n) is 10.3. The molecule has 1 saturated heterocycles. The Morgan fingerprint density at radius 2 is 1.75 bits per heavy atom. The Bertz CT molecular complexity index is 1420. The number of aliphatic hydroxyl groups is 3. The van der Waals surface area contributed by atoms with Crippen molar-refractivity contribution in [1.82, 2.24) is 0 Å². The molecule has 2 aromatic carbocycles. The van der Waals surface area contributed by atoms with E-state index in [1.165, 1.54) is 36.4 Å². The van der Waals surface area contributed by atoms with E-state index in [1.807, 2.05) is 0 Å². The van der Waals surface area contributed by atoms with Gasteiger partial charge in [-0.3, -0.25) is 14.4 Å². The second kappa shape index (κ2) is 9.05. The maximum absolute atomic E-state index is 13.2. The lowest BCUT2D eigenvalue weighted by atomic mass is 9.85. The number of nitrogens with two attached hydrogens (primary N) is 1. The first-order valence-corrected chi connectivity index (χ1v) is 10.3. The number of phenols is 1. The highest BCUT2D eigenvalue weighted by Crippen LogP contribution is 2.32. The number of fused-ring (bicyclic) bond motifs is 1. The van der Waals surface area contributed by atoms with E-state index in [0.29, 0.717) is 0 Å². The molecule has 1 amide bonds. The van der Waals surface area contributed by atoms with Gasteiger partial charge in [0.2, 0.25) is 17.5 Å². The molecule has 1 fully saturated rings. The summed E-state index contributed by atoms with van der Waals surface area (Å²) in [6.45, 7) is 0. The molecule has 7 N–H and O–H groups in total. The van der Waals surface area contributed by atoms with Crippen molar-refractivity contribution in [3.8, 4) is 22.6 Å². The zero-order chi connectivity index (χ0) is 26.4. The second-order valence-corrected chi connectivity index (χ2v) is 7.98. The number of aliphatic hydroxyl groups excluding tert-OH is 2. The van der Waals surface area contributed by atoms with E-state index >= 15 is 0 Å². The molecule has 0 saturated carbocycles. The van der Waals surface area contributed by atoms with Gasteiger partial charge in [-0.15, -0.1) is 0 Å². The minimum absolute atomic E-state index is 0.0104. The Morgan fingerprint density at radius 1 is 1.08 bits per heavy atom. The molecule has 188 valence electrons. The van der Waals surface area contributed by atoms with E-state index in [0.717, 1.165) is 6.07 Å². The minimum atomic E-state index is -2.92. The summed E-state index contributed by atoms with van der Waals surface area (Å²) >= 11 is 0. The van der Waals surface area contributed by atoms with Crippen molar-refractivity contribution >= 4 is 29.1 Å². The average Bonchev–Trinajstić information content (AvgIpc) is 2.84. The summed E-state index contributed by atoms with van der Waals surface area (Å²) in [7, 11) is 0. The monoisotopic (exact) mass is 501 g/mol. The standard InChI is InChI=1S/C23H19NO12/c24-20(30)16-14(9-1-3-10(26)4-2-9)15(27)12-6-5-11(7-13(12)35-16)34-22-19(29)23(33,8-25)18(28)17(36-22)21(31)32/h1-8,17-19,22,26,28-29,33H,(H2,24,30)(H,31,32). The number of rotatable bonds is 6. The number of carboxylic acids is 1. The second-order valence-electron chi connectivity index (χ2n) is 7.98. The number of benzene rings is 2. The third kappa shape index (κ3) is 4.05. The van der Waals surface area contributed by atoms with Crippen LogP contribution in [0.15, 0.2) is 51.7 Å². The zero-order valence-corrected chi connectivity index (χ0v) is 18.1. The van der Waals surface area contributed by atoms with Crippen LogP contribution in [-0.2, 0) is 14.3 Å². The molecule has 1 aliphatic rings. The van der Waals surface area contributed by atoms with Gasteiger partial charge in [-0.05, 0) is 29.8 Å². The maximum atomic E-state index is 13.2. The summed E-state index contributed by atoms with van der Waals surface area (Å²) in [5, 5.41) is 49.4. The molecular formula is C23H19NO12. The molecule has 1 aliphatic heterocycles. The van der Waals surface area contributed by atoms with Crippen molar-refractivity contribution in [3.63, 3.8) is 0 Å². The number of aldehydes is 1. The number of phenolic OH excluding ortho intramolecular Hbond substituents is 1. The van der Waals surface area contributed by atoms with Crippen LogP contribution < -0.4 is 15.9 Å². The molecule has 5 unspecified atom stereocenters. The first-order chi connectivity index (χ1) is 17.0. The van der Waals surface area contributed by atoms with E-state index in [1.54, 1.807) is 0 Å². The van der Waals surface area contributed by atoms with Gasteiger partial charge in [-0.1, -0.05) is 12.1 Å². The Kier molecular flexibility index (Phi) is 6.24. The van der Waals surface area contributed by atoms with Gasteiger partial charge in [0.05, 0.1) is 10.9 Å². The molecule has 4 rings (SSSR count). The number of hydrogen-bond donors (Lipinski definition) is 6. The van der Waals surface area contributed by atoms with E-state index in [2.05, 4.69) is 0 Å². The zero-order valence-electron chi connectivity index (χ0n) is 18.1. The summed E-state index contributed by atoms with van der Waals surface area (Å²) in [5.41, 5.74) is 1.76. The van der Waals surface area contributed by atoms with E-state index in [-0.39, 0.29) is 39.9 Å².